The minimum atomic E-state index is 0.639. The lowest BCUT2D eigenvalue weighted by atomic mass is 9.97. The van der Waals surface area contributed by atoms with Crippen molar-refractivity contribution in [2.45, 2.75) is 52.2 Å². The van der Waals surface area contributed by atoms with Gasteiger partial charge in [0.1, 0.15) is 0 Å². The lowest BCUT2D eigenvalue weighted by Crippen LogP contribution is -2.57. The first-order valence-electron chi connectivity index (χ1n) is 7.05. The molecule has 4 heteroatoms. The average molecular weight is 267 g/mol. The van der Waals surface area contributed by atoms with Crippen LogP contribution in [0.3, 0.4) is 0 Å². The summed E-state index contributed by atoms with van der Waals surface area (Å²) in [6.45, 7) is 10.2. The molecule has 1 aliphatic rings. The van der Waals surface area contributed by atoms with Crippen LogP contribution < -0.4 is 5.32 Å². The Morgan fingerprint density at radius 3 is 3.00 bits per heavy atom. The van der Waals surface area contributed by atoms with E-state index in [4.69, 9.17) is 0 Å². The van der Waals surface area contributed by atoms with Gasteiger partial charge in [0.05, 0.1) is 11.2 Å². The Hall–Kier alpha value is -0.450. The van der Waals surface area contributed by atoms with Crippen LogP contribution in [0, 0.1) is 5.92 Å². The molecule has 102 valence electrons. The zero-order valence-corrected chi connectivity index (χ0v) is 12.5. The van der Waals surface area contributed by atoms with Gasteiger partial charge in [-0.1, -0.05) is 27.2 Å². The highest BCUT2D eigenvalue weighted by molar-refractivity contribution is 7.07. The standard InChI is InChI=1S/C14H25N3S/c1-4-5-12-7-17(8-13-9-18-10-16-13)14(6-15-12)11(2)3/h9-12,14-15H,4-8H2,1-3H3. The summed E-state index contributed by atoms with van der Waals surface area (Å²) in [4.78, 5) is 7.05. The molecule has 1 aromatic rings. The summed E-state index contributed by atoms with van der Waals surface area (Å²) in [6, 6.07) is 1.29. The smallest absolute Gasteiger partial charge is 0.0795 e. The summed E-state index contributed by atoms with van der Waals surface area (Å²) in [6.07, 6.45) is 2.53. The Bertz CT molecular complexity index is 337. The molecule has 0 radical (unpaired) electrons. The van der Waals surface area contributed by atoms with Crippen molar-refractivity contribution in [3.63, 3.8) is 0 Å². The molecule has 2 unspecified atom stereocenters. The number of thiazole rings is 1. The Morgan fingerprint density at radius 2 is 2.39 bits per heavy atom. The molecule has 3 nitrogen and oxygen atoms in total. The van der Waals surface area contributed by atoms with Crippen molar-refractivity contribution in [2.24, 2.45) is 5.92 Å². The van der Waals surface area contributed by atoms with Crippen LogP contribution in [0.25, 0.3) is 0 Å². The van der Waals surface area contributed by atoms with Crippen LogP contribution in [0.5, 0.6) is 0 Å². The molecule has 2 heterocycles. The van der Waals surface area contributed by atoms with Gasteiger partial charge in [-0.25, -0.2) is 4.98 Å². The Labute approximate surface area is 115 Å². The highest BCUT2D eigenvalue weighted by Crippen LogP contribution is 2.19. The van der Waals surface area contributed by atoms with Crippen molar-refractivity contribution in [3.05, 3.63) is 16.6 Å². The summed E-state index contributed by atoms with van der Waals surface area (Å²) in [5.74, 6) is 0.693. The largest absolute Gasteiger partial charge is 0.311 e. The first-order valence-corrected chi connectivity index (χ1v) is 7.99. The summed E-state index contributed by atoms with van der Waals surface area (Å²) >= 11 is 1.70. The molecular weight excluding hydrogens is 242 g/mol. The fourth-order valence-electron chi connectivity index (χ4n) is 2.80. The Morgan fingerprint density at radius 1 is 1.56 bits per heavy atom. The van der Waals surface area contributed by atoms with Gasteiger partial charge in [0.2, 0.25) is 0 Å². The normalized spacial score (nSPS) is 25.8. The van der Waals surface area contributed by atoms with E-state index < -0.39 is 0 Å². The van der Waals surface area contributed by atoms with Crippen LogP contribution in [0.1, 0.15) is 39.3 Å². The van der Waals surface area contributed by atoms with Crippen LogP contribution in [0.2, 0.25) is 0 Å². The van der Waals surface area contributed by atoms with Crippen molar-refractivity contribution in [2.75, 3.05) is 13.1 Å². The number of hydrogen-bond acceptors (Lipinski definition) is 4. The average Bonchev–Trinajstić information content (AvgIpc) is 2.82. The summed E-state index contributed by atoms with van der Waals surface area (Å²) in [5, 5.41) is 5.88. The van der Waals surface area contributed by atoms with E-state index in [0.717, 1.165) is 19.6 Å². The highest BCUT2D eigenvalue weighted by atomic mass is 32.1. The number of nitrogens with zero attached hydrogens (tertiary/aromatic N) is 2. The zero-order valence-electron chi connectivity index (χ0n) is 11.7. The van der Waals surface area contributed by atoms with Gasteiger partial charge in [-0.3, -0.25) is 4.90 Å². The molecule has 0 spiro atoms. The van der Waals surface area contributed by atoms with Crippen molar-refractivity contribution in [3.8, 4) is 0 Å². The lowest BCUT2D eigenvalue weighted by molar-refractivity contribution is 0.0875. The van der Waals surface area contributed by atoms with Crippen molar-refractivity contribution in [1.29, 1.82) is 0 Å². The second-order valence-corrected chi connectivity index (χ2v) is 6.33. The zero-order chi connectivity index (χ0) is 13.0. The van der Waals surface area contributed by atoms with Gasteiger partial charge in [0.25, 0.3) is 0 Å². The van der Waals surface area contributed by atoms with Crippen LogP contribution in [0.15, 0.2) is 10.9 Å². The summed E-state index contributed by atoms with van der Waals surface area (Å²) < 4.78 is 0. The van der Waals surface area contributed by atoms with Gasteiger partial charge >= 0.3 is 0 Å². The lowest BCUT2D eigenvalue weighted by Gasteiger charge is -2.42. The molecule has 0 bridgehead atoms. The second-order valence-electron chi connectivity index (χ2n) is 5.61. The van der Waals surface area contributed by atoms with E-state index in [1.807, 2.05) is 5.51 Å². The predicted molar refractivity (Wildman–Crippen MR) is 77.8 cm³/mol. The van der Waals surface area contributed by atoms with Gasteiger partial charge in [-0.15, -0.1) is 11.3 Å². The van der Waals surface area contributed by atoms with Gasteiger partial charge in [-0.05, 0) is 12.3 Å². The van der Waals surface area contributed by atoms with E-state index in [1.54, 1.807) is 11.3 Å². The maximum atomic E-state index is 4.43. The molecule has 1 aromatic heterocycles. The van der Waals surface area contributed by atoms with Crippen LogP contribution >= 0.6 is 11.3 Å². The number of hydrogen-bond donors (Lipinski definition) is 1. The molecule has 0 aliphatic carbocycles. The van der Waals surface area contributed by atoms with Crippen LogP contribution in [-0.4, -0.2) is 35.1 Å². The molecule has 2 atom stereocenters. The van der Waals surface area contributed by atoms with Crippen LogP contribution in [0.4, 0.5) is 0 Å². The maximum Gasteiger partial charge on any atom is 0.0795 e. The van der Waals surface area contributed by atoms with E-state index >= 15 is 0 Å². The third-order valence-corrected chi connectivity index (χ3v) is 4.43. The molecular formula is C14H25N3S. The molecule has 1 saturated heterocycles. The summed E-state index contributed by atoms with van der Waals surface area (Å²) in [7, 11) is 0. The molecule has 18 heavy (non-hydrogen) atoms. The van der Waals surface area contributed by atoms with Crippen molar-refractivity contribution >= 4 is 11.3 Å². The van der Waals surface area contributed by atoms with Crippen molar-refractivity contribution < 1.29 is 0 Å². The van der Waals surface area contributed by atoms with Gasteiger partial charge in [0.15, 0.2) is 0 Å². The van der Waals surface area contributed by atoms with Gasteiger partial charge in [0, 0.05) is 37.1 Å². The monoisotopic (exact) mass is 267 g/mol. The van der Waals surface area contributed by atoms with E-state index in [0.29, 0.717) is 18.0 Å². The third kappa shape index (κ3) is 3.53. The van der Waals surface area contributed by atoms with E-state index in [9.17, 15) is 0 Å². The first kappa shape index (κ1) is 14.0. The van der Waals surface area contributed by atoms with E-state index in [-0.39, 0.29) is 0 Å². The molecule has 0 amide bonds. The summed E-state index contributed by atoms with van der Waals surface area (Å²) in [5.41, 5.74) is 3.16. The Balaban J connectivity index is 2.00. The van der Waals surface area contributed by atoms with Gasteiger partial charge in [-0.2, -0.15) is 0 Å². The molecule has 1 N–H and O–H groups in total. The second kappa shape index (κ2) is 6.64. The van der Waals surface area contributed by atoms with E-state index in [2.05, 4.69) is 41.4 Å². The Kier molecular flexibility index (Phi) is 5.15. The van der Waals surface area contributed by atoms with Gasteiger partial charge < -0.3 is 5.32 Å². The van der Waals surface area contributed by atoms with Crippen molar-refractivity contribution in [1.82, 2.24) is 15.2 Å². The quantitative estimate of drug-likeness (QED) is 0.889. The molecule has 0 saturated carbocycles. The molecule has 0 aromatic carbocycles. The SMILES string of the molecule is CCCC1CN(Cc2cscn2)C(C(C)C)CN1. The fraction of sp³-hybridized carbons (Fsp3) is 0.786. The minimum absolute atomic E-state index is 0.639. The molecule has 1 aliphatic heterocycles. The minimum Gasteiger partial charge on any atom is -0.311 e. The first-order chi connectivity index (χ1) is 8.70. The number of piperazine rings is 1. The third-order valence-electron chi connectivity index (χ3n) is 3.79. The maximum absolute atomic E-state index is 4.43. The number of nitrogens with one attached hydrogen (secondary N) is 1. The predicted octanol–water partition coefficient (Wildman–Crippen LogP) is 2.74. The molecule has 2 rings (SSSR count). The fourth-order valence-corrected chi connectivity index (χ4v) is 3.35. The van der Waals surface area contributed by atoms with E-state index in [1.165, 1.54) is 18.5 Å². The highest BCUT2D eigenvalue weighted by Gasteiger charge is 2.29. The topological polar surface area (TPSA) is 28.2 Å². The number of rotatable bonds is 5. The number of aromatic nitrogens is 1. The molecule has 1 fully saturated rings. The van der Waals surface area contributed by atoms with Crippen LogP contribution in [-0.2, 0) is 6.54 Å².